The lowest BCUT2D eigenvalue weighted by atomic mass is 9.90. The Kier molecular flexibility index (Phi) is 14.1. The van der Waals surface area contributed by atoms with Gasteiger partial charge in [-0.25, -0.2) is 0 Å². The van der Waals surface area contributed by atoms with Crippen LogP contribution in [0.4, 0.5) is 0 Å². The van der Waals surface area contributed by atoms with Crippen LogP contribution < -0.4 is 5.32 Å². The fourth-order valence-corrected chi connectivity index (χ4v) is 2.23. The van der Waals surface area contributed by atoms with Crippen molar-refractivity contribution >= 4 is 5.91 Å². The third kappa shape index (κ3) is 21.4. The molecule has 0 aliphatic rings. The first-order chi connectivity index (χ1) is 12.1. The van der Waals surface area contributed by atoms with Gasteiger partial charge in [0.15, 0.2) is 0 Å². The van der Waals surface area contributed by atoms with Gasteiger partial charge in [0.1, 0.15) is 0 Å². The van der Waals surface area contributed by atoms with Crippen molar-refractivity contribution in [3.63, 3.8) is 0 Å². The third-order valence-electron chi connectivity index (χ3n) is 3.85. The molecule has 5 heteroatoms. The smallest absolute Gasteiger partial charge is 0.220 e. The van der Waals surface area contributed by atoms with Crippen LogP contribution in [-0.4, -0.2) is 52.1 Å². The zero-order chi connectivity index (χ0) is 19.9. The summed E-state index contributed by atoms with van der Waals surface area (Å²) in [6, 6.07) is 0. The Bertz CT molecular complexity index is 345. The molecule has 0 radical (unpaired) electrons. The molecule has 0 aromatic rings. The first kappa shape index (κ1) is 25.4. The second-order valence-corrected chi connectivity index (χ2v) is 9.27. The number of amides is 1. The van der Waals surface area contributed by atoms with E-state index in [1.165, 1.54) is 6.42 Å². The molecule has 0 atom stereocenters. The molecule has 0 heterocycles. The molecule has 156 valence electrons. The lowest BCUT2D eigenvalue weighted by molar-refractivity contribution is -0.121. The molecular formula is C21H43NO4. The maximum atomic E-state index is 11.7. The number of nitrogens with one attached hydrogen (secondary N) is 1. The van der Waals surface area contributed by atoms with Crippen molar-refractivity contribution in [1.29, 1.82) is 0 Å². The van der Waals surface area contributed by atoms with Gasteiger partial charge in [-0.15, -0.1) is 0 Å². The minimum Gasteiger partial charge on any atom is -0.379 e. The highest BCUT2D eigenvalue weighted by Gasteiger charge is 2.12. The van der Waals surface area contributed by atoms with Crippen molar-refractivity contribution < 1.29 is 19.0 Å². The monoisotopic (exact) mass is 373 g/mol. The normalized spacial score (nSPS) is 12.4. The van der Waals surface area contributed by atoms with Gasteiger partial charge in [-0.05, 0) is 36.5 Å². The van der Waals surface area contributed by atoms with Crippen LogP contribution >= 0.6 is 0 Å². The fourth-order valence-electron chi connectivity index (χ4n) is 2.23. The van der Waals surface area contributed by atoms with Crippen molar-refractivity contribution in [1.82, 2.24) is 5.32 Å². The van der Waals surface area contributed by atoms with Crippen LogP contribution in [0.3, 0.4) is 0 Å². The molecule has 0 aromatic heterocycles. The largest absolute Gasteiger partial charge is 0.379 e. The zero-order valence-electron chi connectivity index (χ0n) is 18.1. The molecular weight excluding hydrogens is 330 g/mol. The number of rotatable bonds is 15. The predicted octanol–water partition coefficient (Wildman–Crippen LogP) is 4.20. The maximum Gasteiger partial charge on any atom is 0.220 e. The molecule has 5 nitrogen and oxygen atoms in total. The topological polar surface area (TPSA) is 56.8 Å². The number of carbonyl (C=O) groups excluding carboxylic acids is 1. The fraction of sp³-hybridized carbons (Fsp3) is 0.952. The van der Waals surface area contributed by atoms with Crippen molar-refractivity contribution in [2.24, 2.45) is 10.8 Å². The number of ether oxygens (including phenoxy) is 3. The lowest BCUT2D eigenvalue weighted by Gasteiger charge is -2.17. The van der Waals surface area contributed by atoms with Crippen molar-refractivity contribution in [2.75, 3.05) is 46.2 Å². The van der Waals surface area contributed by atoms with E-state index in [-0.39, 0.29) is 11.3 Å². The minimum absolute atomic E-state index is 0.130. The molecule has 0 spiro atoms. The highest BCUT2D eigenvalue weighted by Crippen LogP contribution is 2.20. The Labute approximate surface area is 161 Å². The Morgan fingerprint density at radius 2 is 1.15 bits per heavy atom. The summed E-state index contributed by atoms with van der Waals surface area (Å²) >= 11 is 0. The van der Waals surface area contributed by atoms with E-state index in [1.807, 2.05) is 0 Å². The van der Waals surface area contributed by atoms with Crippen LogP contribution in [0.1, 0.15) is 73.6 Å². The van der Waals surface area contributed by atoms with Gasteiger partial charge in [0.25, 0.3) is 0 Å². The first-order valence-electron chi connectivity index (χ1n) is 10.1. The molecule has 0 fully saturated rings. The Hall–Kier alpha value is -0.650. The van der Waals surface area contributed by atoms with Gasteiger partial charge < -0.3 is 19.5 Å². The molecule has 1 N–H and O–H groups in total. The van der Waals surface area contributed by atoms with Gasteiger partial charge in [-0.3, -0.25) is 4.79 Å². The molecule has 0 aliphatic carbocycles. The summed E-state index contributed by atoms with van der Waals surface area (Å²) in [5, 5.41) is 2.93. The summed E-state index contributed by atoms with van der Waals surface area (Å²) in [6.45, 7) is 17.7. The Morgan fingerprint density at radius 3 is 1.65 bits per heavy atom. The quantitative estimate of drug-likeness (QED) is 0.437. The van der Waals surface area contributed by atoms with Gasteiger partial charge in [0, 0.05) is 26.2 Å². The molecule has 0 rings (SSSR count). The zero-order valence-corrected chi connectivity index (χ0v) is 18.1. The minimum atomic E-state index is 0.130. The van der Waals surface area contributed by atoms with Gasteiger partial charge in [-0.2, -0.15) is 0 Å². The summed E-state index contributed by atoms with van der Waals surface area (Å²) in [4.78, 5) is 11.7. The third-order valence-corrected chi connectivity index (χ3v) is 3.85. The molecule has 0 bridgehead atoms. The average Bonchev–Trinajstić information content (AvgIpc) is 2.51. The summed E-state index contributed by atoms with van der Waals surface area (Å²) in [5.41, 5.74) is 0.588. The molecule has 26 heavy (non-hydrogen) atoms. The van der Waals surface area contributed by atoms with Crippen LogP contribution in [0, 0.1) is 10.8 Å². The van der Waals surface area contributed by atoms with Crippen LogP contribution in [-0.2, 0) is 19.0 Å². The van der Waals surface area contributed by atoms with Gasteiger partial charge in [-0.1, -0.05) is 41.5 Å². The summed E-state index contributed by atoms with van der Waals surface area (Å²) in [6.07, 6.45) is 4.61. The maximum absolute atomic E-state index is 11.7. The van der Waals surface area contributed by atoms with E-state index in [2.05, 4.69) is 46.9 Å². The predicted molar refractivity (Wildman–Crippen MR) is 107 cm³/mol. The summed E-state index contributed by atoms with van der Waals surface area (Å²) < 4.78 is 16.5. The number of carbonyl (C=O) groups is 1. The number of hydrogen-bond donors (Lipinski definition) is 1. The lowest BCUT2D eigenvalue weighted by Crippen LogP contribution is -2.26. The van der Waals surface area contributed by atoms with E-state index in [1.54, 1.807) is 0 Å². The summed E-state index contributed by atoms with van der Waals surface area (Å²) in [5.74, 6) is 0.130. The van der Waals surface area contributed by atoms with E-state index in [9.17, 15) is 4.79 Å². The van der Waals surface area contributed by atoms with Crippen molar-refractivity contribution in [2.45, 2.75) is 73.6 Å². The molecule has 0 saturated carbocycles. The molecule has 0 aromatic carbocycles. The SMILES string of the molecule is CC(C)(C)CCCOCCOCCOCCCNC(=O)CCC(C)(C)C. The van der Waals surface area contributed by atoms with Crippen LogP contribution in [0.5, 0.6) is 0 Å². The van der Waals surface area contributed by atoms with E-state index in [0.717, 1.165) is 25.9 Å². The molecule has 0 unspecified atom stereocenters. The van der Waals surface area contributed by atoms with Crippen LogP contribution in [0.2, 0.25) is 0 Å². The second kappa shape index (κ2) is 14.4. The highest BCUT2D eigenvalue weighted by atomic mass is 16.5. The van der Waals surface area contributed by atoms with Crippen LogP contribution in [0.25, 0.3) is 0 Å². The van der Waals surface area contributed by atoms with E-state index in [0.29, 0.717) is 51.4 Å². The highest BCUT2D eigenvalue weighted by molar-refractivity contribution is 5.75. The van der Waals surface area contributed by atoms with E-state index >= 15 is 0 Å². The van der Waals surface area contributed by atoms with Crippen LogP contribution in [0.15, 0.2) is 0 Å². The van der Waals surface area contributed by atoms with Gasteiger partial charge in [0.05, 0.1) is 26.4 Å². The van der Waals surface area contributed by atoms with Crippen molar-refractivity contribution in [3.8, 4) is 0 Å². The number of hydrogen-bond acceptors (Lipinski definition) is 4. The Morgan fingerprint density at radius 1 is 0.692 bits per heavy atom. The average molecular weight is 374 g/mol. The standard InChI is InChI=1S/C21H43NO4/c1-20(2,3)10-7-13-24-15-17-26-18-16-25-14-8-12-22-19(23)9-11-21(4,5)6/h7-18H2,1-6H3,(H,22,23). The first-order valence-corrected chi connectivity index (χ1v) is 10.1. The van der Waals surface area contributed by atoms with Gasteiger partial charge >= 0.3 is 0 Å². The molecule has 1 amide bonds. The Balaban J connectivity index is 3.21. The molecule has 0 aliphatic heterocycles. The molecule has 0 saturated heterocycles. The second-order valence-electron chi connectivity index (χ2n) is 9.27. The summed E-state index contributed by atoms with van der Waals surface area (Å²) in [7, 11) is 0. The van der Waals surface area contributed by atoms with Crippen molar-refractivity contribution in [3.05, 3.63) is 0 Å². The van der Waals surface area contributed by atoms with Gasteiger partial charge in [0.2, 0.25) is 5.91 Å². The van der Waals surface area contributed by atoms with E-state index < -0.39 is 0 Å². The van der Waals surface area contributed by atoms with E-state index in [4.69, 9.17) is 14.2 Å².